The van der Waals surface area contributed by atoms with E-state index in [-0.39, 0.29) is 10.8 Å². The molecule has 0 saturated carbocycles. The van der Waals surface area contributed by atoms with Gasteiger partial charge in [0.15, 0.2) is 0 Å². The third-order valence-corrected chi connectivity index (χ3v) is 7.01. The van der Waals surface area contributed by atoms with Gasteiger partial charge in [-0.2, -0.15) is 4.31 Å². The van der Waals surface area contributed by atoms with Gasteiger partial charge >= 0.3 is 6.03 Å². The third-order valence-electron chi connectivity index (χ3n) is 4.94. The molecule has 1 heterocycles. The van der Waals surface area contributed by atoms with Crippen LogP contribution in [0.2, 0.25) is 0 Å². The van der Waals surface area contributed by atoms with Gasteiger partial charge in [0.1, 0.15) is 12.1 Å². The molecule has 1 saturated heterocycles. The molecule has 4 amide bonds. The number of amides is 4. The number of carbonyl (C=O) groups is 3. The molecule has 9 nitrogen and oxygen atoms in total. The van der Waals surface area contributed by atoms with Crippen molar-refractivity contribution in [3.05, 3.63) is 24.3 Å². The molecule has 30 heavy (non-hydrogen) atoms. The average Bonchev–Trinajstić information content (AvgIpc) is 2.85. The summed E-state index contributed by atoms with van der Waals surface area (Å²) in [7, 11) is -3.59. The van der Waals surface area contributed by atoms with Crippen LogP contribution in [0.25, 0.3) is 0 Å². The maximum Gasteiger partial charge on any atom is 0.325 e. The Balaban J connectivity index is 2.05. The van der Waals surface area contributed by atoms with Crippen molar-refractivity contribution in [3.63, 3.8) is 0 Å². The number of nitrogens with one attached hydrogen (secondary N) is 2. The van der Waals surface area contributed by atoms with Gasteiger partial charge in [-0.25, -0.2) is 13.2 Å². The second-order valence-corrected chi connectivity index (χ2v) is 9.85. The number of rotatable bonds is 9. The molecule has 1 unspecified atom stereocenters. The molecule has 1 aromatic carbocycles. The van der Waals surface area contributed by atoms with E-state index >= 15 is 0 Å². The van der Waals surface area contributed by atoms with Crippen molar-refractivity contribution in [2.24, 2.45) is 5.92 Å². The number of benzene rings is 1. The number of sulfonamides is 1. The normalized spacial score (nSPS) is 19.5. The molecule has 1 fully saturated rings. The van der Waals surface area contributed by atoms with E-state index in [0.717, 1.165) is 4.90 Å². The minimum Gasteiger partial charge on any atom is -0.325 e. The van der Waals surface area contributed by atoms with Crippen LogP contribution >= 0.6 is 0 Å². The molecule has 1 aliphatic heterocycles. The Labute approximate surface area is 177 Å². The fourth-order valence-electron chi connectivity index (χ4n) is 3.61. The number of hydrogen-bond acceptors (Lipinski definition) is 5. The fourth-order valence-corrected chi connectivity index (χ4v) is 5.07. The van der Waals surface area contributed by atoms with Crippen molar-refractivity contribution in [3.8, 4) is 0 Å². The number of carbonyl (C=O) groups excluding carboxylic acids is 3. The quantitative estimate of drug-likeness (QED) is 0.572. The molecule has 2 N–H and O–H groups in total. The van der Waals surface area contributed by atoms with Crippen molar-refractivity contribution in [2.45, 2.75) is 51.5 Å². The molecular formula is C20H30N4O5S. The molecule has 10 heteroatoms. The smallest absolute Gasteiger partial charge is 0.325 e. The van der Waals surface area contributed by atoms with E-state index in [1.54, 1.807) is 20.8 Å². The number of urea groups is 1. The molecule has 0 aromatic heterocycles. The topological polar surface area (TPSA) is 116 Å². The lowest BCUT2D eigenvalue weighted by Crippen LogP contribution is -2.45. The van der Waals surface area contributed by atoms with Gasteiger partial charge in [0.05, 0.1) is 4.90 Å². The van der Waals surface area contributed by atoms with E-state index in [4.69, 9.17) is 0 Å². The van der Waals surface area contributed by atoms with Gasteiger partial charge in [0, 0.05) is 18.8 Å². The van der Waals surface area contributed by atoms with Crippen LogP contribution in [0.15, 0.2) is 29.2 Å². The maximum absolute atomic E-state index is 12.6. The Kier molecular flexibility index (Phi) is 7.25. The van der Waals surface area contributed by atoms with Crippen LogP contribution in [0.1, 0.15) is 41.0 Å². The summed E-state index contributed by atoms with van der Waals surface area (Å²) in [5, 5.41) is 5.26. The largest absolute Gasteiger partial charge is 0.325 e. The second-order valence-electron chi connectivity index (χ2n) is 7.91. The Bertz CT molecular complexity index is 910. The van der Waals surface area contributed by atoms with Crippen molar-refractivity contribution in [1.29, 1.82) is 0 Å². The summed E-state index contributed by atoms with van der Waals surface area (Å²) in [6.07, 6.45) is 0.470. The van der Waals surface area contributed by atoms with E-state index in [0.29, 0.717) is 25.2 Å². The maximum atomic E-state index is 12.6. The van der Waals surface area contributed by atoms with Crippen LogP contribution in [0.5, 0.6) is 0 Å². The zero-order chi connectivity index (χ0) is 22.7. The molecule has 1 atom stereocenters. The van der Waals surface area contributed by atoms with Gasteiger partial charge in [0.2, 0.25) is 15.9 Å². The van der Waals surface area contributed by atoms with Crippen molar-refractivity contribution in [1.82, 2.24) is 14.5 Å². The Morgan fingerprint density at radius 2 is 1.73 bits per heavy atom. The molecular weight excluding hydrogens is 408 g/mol. The highest BCUT2D eigenvalue weighted by atomic mass is 32.2. The zero-order valence-electron chi connectivity index (χ0n) is 18.1. The summed E-state index contributed by atoms with van der Waals surface area (Å²) < 4.78 is 26.4. The lowest BCUT2D eigenvalue weighted by molar-refractivity contribution is -0.133. The molecule has 2 rings (SSSR count). The van der Waals surface area contributed by atoms with Crippen LogP contribution in [-0.2, 0) is 19.6 Å². The van der Waals surface area contributed by atoms with Crippen molar-refractivity contribution >= 4 is 33.6 Å². The van der Waals surface area contributed by atoms with E-state index in [9.17, 15) is 22.8 Å². The lowest BCUT2D eigenvalue weighted by Gasteiger charge is -2.23. The van der Waals surface area contributed by atoms with Gasteiger partial charge in [-0.15, -0.1) is 0 Å². The van der Waals surface area contributed by atoms with Crippen molar-refractivity contribution in [2.75, 3.05) is 25.0 Å². The predicted molar refractivity (Wildman–Crippen MR) is 113 cm³/mol. The summed E-state index contributed by atoms with van der Waals surface area (Å²) in [6, 6.07) is 5.18. The van der Waals surface area contributed by atoms with E-state index < -0.39 is 40.0 Å². The predicted octanol–water partition coefficient (Wildman–Crippen LogP) is 2.01. The summed E-state index contributed by atoms with van der Waals surface area (Å²) in [5.41, 5.74) is -0.651. The van der Waals surface area contributed by atoms with Crippen molar-refractivity contribution < 1.29 is 22.8 Å². The number of imide groups is 1. The van der Waals surface area contributed by atoms with E-state index in [1.807, 2.05) is 13.8 Å². The number of anilines is 1. The van der Waals surface area contributed by atoms with Crippen LogP contribution in [0.3, 0.4) is 0 Å². The third kappa shape index (κ3) is 4.99. The van der Waals surface area contributed by atoms with Crippen LogP contribution in [0, 0.1) is 5.92 Å². The summed E-state index contributed by atoms with van der Waals surface area (Å²) in [6.45, 7) is 9.37. The highest BCUT2D eigenvalue weighted by Crippen LogP contribution is 2.25. The first-order valence-electron chi connectivity index (χ1n) is 9.98. The molecule has 1 aromatic rings. The Morgan fingerprint density at radius 3 is 2.23 bits per heavy atom. The molecule has 0 aliphatic carbocycles. The van der Waals surface area contributed by atoms with Crippen LogP contribution in [0.4, 0.5) is 10.5 Å². The minimum atomic E-state index is -3.59. The highest BCUT2D eigenvalue weighted by Gasteiger charge is 2.48. The second kappa shape index (κ2) is 9.13. The molecule has 0 bridgehead atoms. The Hall–Kier alpha value is -2.46. The first kappa shape index (κ1) is 23.8. The SMILES string of the molecule is CCN(CC)S(=O)(=O)c1ccc(NC(=O)CN2C(=O)NC(C)(CC(C)C)C2=O)cc1. The molecule has 0 spiro atoms. The van der Waals surface area contributed by atoms with E-state index in [1.165, 1.54) is 28.6 Å². The standard InChI is InChI=1S/C20H30N4O5S/c1-6-23(7-2)30(28,29)16-10-8-15(9-11-16)21-17(25)13-24-18(26)20(5,12-14(3)4)22-19(24)27/h8-11,14H,6-7,12-13H2,1-5H3,(H,21,25)(H,22,27). The zero-order valence-corrected chi connectivity index (χ0v) is 18.9. The molecule has 166 valence electrons. The molecule has 1 aliphatic rings. The van der Waals surface area contributed by atoms with Gasteiger partial charge in [-0.05, 0) is 43.5 Å². The average molecular weight is 439 g/mol. The summed E-state index contributed by atoms with van der Waals surface area (Å²) >= 11 is 0. The monoisotopic (exact) mass is 438 g/mol. The van der Waals surface area contributed by atoms with Crippen LogP contribution < -0.4 is 10.6 Å². The van der Waals surface area contributed by atoms with Gasteiger partial charge in [0.25, 0.3) is 5.91 Å². The number of hydrogen-bond donors (Lipinski definition) is 2. The minimum absolute atomic E-state index is 0.128. The fraction of sp³-hybridized carbons (Fsp3) is 0.550. The number of nitrogens with zero attached hydrogens (tertiary/aromatic N) is 2. The highest BCUT2D eigenvalue weighted by molar-refractivity contribution is 7.89. The Morgan fingerprint density at radius 1 is 1.17 bits per heavy atom. The van der Waals surface area contributed by atoms with Gasteiger partial charge < -0.3 is 10.6 Å². The van der Waals surface area contributed by atoms with Gasteiger partial charge in [-0.1, -0.05) is 27.7 Å². The summed E-state index contributed by atoms with van der Waals surface area (Å²) in [4.78, 5) is 38.2. The first-order chi connectivity index (χ1) is 13.9. The van der Waals surface area contributed by atoms with E-state index in [2.05, 4.69) is 10.6 Å². The first-order valence-corrected chi connectivity index (χ1v) is 11.4. The van der Waals surface area contributed by atoms with Gasteiger partial charge in [-0.3, -0.25) is 14.5 Å². The molecule has 0 radical (unpaired) electrons. The lowest BCUT2D eigenvalue weighted by atomic mass is 9.91. The summed E-state index contributed by atoms with van der Waals surface area (Å²) in [5.74, 6) is -0.789. The van der Waals surface area contributed by atoms with Crippen LogP contribution in [-0.4, -0.2) is 60.6 Å².